The molecular weight excluding hydrogens is 566 g/mol. The highest BCUT2D eigenvalue weighted by molar-refractivity contribution is 7.92. The van der Waals surface area contributed by atoms with Crippen LogP contribution in [-0.4, -0.2) is 58.5 Å². The zero-order valence-corrected chi connectivity index (χ0v) is 26.9. The van der Waals surface area contributed by atoms with E-state index in [0.717, 1.165) is 21.0 Å². The SMILES string of the molecule is CC[C@H](C(=O)NCC(C)C)N(Cc1ccccc1)C(=O)CN(c1cc(C)cc(C)c1)S(=O)(=O)c1ccc(OC)c(OC)c1. The first-order valence-corrected chi connectivity index (χ1v) is 15.8. The van der Waals surface area contributed by atoms with E-state index in [0.29, 0.717) is 24.4 Å². The quantitative estimate of drug-likeness (QED) is 0.273. The molecule has 10 heteroatoms. The molecule has 1 N–H and O–H groups in total. The van der Waals surface area contributed by atoms with Crippen LogP contribution in [-0.2, 0) is 26.2 Å². The lowest BCUT2D eigenvalue weighted by molar-refractivity contribution is -0.140. The number of anilines is 1. The Kier molecular flexibility index (Phi) is 11.6. The van der Waals surface area contributed by atoms with Crippen LogP contribution in [0, 0.1) is 19.8 Å². The molecule has 0 bridgehead atoms. The summed E-state index contributed by atoms with van der Waals surface area (Å²) in [5, 5.41) is 2.94. The minimum atomic E-state index is -4.27. The maximum atomic E-state index is 14.3. The molecule has 3 aromatic carbocycles. The Labute approximate surface area is 255 Å². The Bertz CT molecular complexity index is 1490. The Balaban J connectivity index is 2.11. The molecule has 0 aromatic heterocycles. The number of aryl methyl sites for hydroxylation is 2. The summed E-state index contributed by atoms with van der Waals surface area (Å²) in [6.45, 7) is 9.66. The monoisotopic (exact) mass is 609 g/mol. The second-order valence-electron chi connectivity index (χ2n) is 10.9. The highest BCUT2D eigenvalue weighted by Crippen LogP contribution is 2.33. The average Bonchev–Trinajstić information content (AvgIpc) is 2.97. The molecule has 1 atom stereocenters. The number of carbonyl (C=O) groups excluding carboxylic acids is 2. The van der Waals surface area contributed by atoms with Crippen molar-refractivity contribution in [2.75, 3.05) is 31.6 Å². The van der Waals surface area contributed by atoms with Gasteiger partial charge in [0, 0.05) is 19.2 Å². The van der Waals surface area contributed by atoms with Crippen molar-refractivity contribution in [3.63, 3.8) is 0 Å². The fraction of sp³-hybridized carbons (Fsp3) is 0.394. The molecule has 0 unspecified atom stereocenters. The first-order valence-electron chi connectivity index (χ1n) is 14.3. The van der Waals surface area contributed by atoms with Gasteiger partial charge in [0.25, 0.3) is 10.0 Å². The third-order valence-corrected chi connectivity index (χ3v) is 8.75. The number of carbonyl (C=O) groups is 2. The average molecular weight is 610 g/mol. The van der Waals surface area contributed by atoms with Gasteiger partial charge in [0.15, 0.2) is 11.5 Å². The molecule has 2 amide bonds. The van der Waals surface area contributed by atoms with Crippen molar-refractivity contribution >= 4 is 27.5 Å². The van der Waals surface area contributed by atoms with Crippen LogP contribution in [0.2, 0.25) is 0 Å². The van der Waals surface area contributed by atoms with Crippen LogP contribution in [0.1, 0.15) is 43.9 Å². The second kappa shape index (κ2) is 14.9. The fourth-order valence-corrected chi connectivity index (χ4v) is 6.26. The van der Waals surface area contributed by atoms with Gasteiger partial charge in [-0.15, -0.1) is 0 Å². The minimum Gasteiger partial charge on any atom is -0.493 e. The summed E-state index contributed by atoms with van der Waals surface area (Å²) < 4.78 is 40.3. The van der Waals surface area contributed by atoms with Crippen molar-refractivity contribution in [1.29, 1.82) is 0 Å². The Morgan fingerprint density at radius 2 is 1.51 bits per heavy atom. The predicted octanol–water partition coefficient (Wildman–Crippen LogP) is 5.10. The van der Waals surface area contributed by atoms with Crippen LogP contribution < -0.4 is 19.1 Å². The van der Waals surface area contributed by atoms with Crippen LogP contribution in [0.4, 0.5) is 5.69 Å². The van der Waals surface area contributed by atoms with Crippen LogP contribution >= 0.6 is 0 Å². The van der Waals surface area contributed by atoms with Gasteiger partial charge in [0.1, 0.15) is 12.6 Å². The standard InChI is InChI=1S/C33H43N3O6S/c1-8-29(33(38)34-20-23(2)3)35(21-26-12-10-9-11-13-26)32(37)22-36(27-17-24(4)16-25(5)18-27)43(39,40)28-14-15-30(41-6)31(19-28)42-7/h9-19,23,29H,8,20-22H2,1-7H3,(H,34,38)/t29-/m1/s1. The van der Waals surface area contributed by atoms with Crippen molar-refractivity contribution in [2.45, 2.75) is 58.5 Å². The van der Waals surface area contributed by atoms with Crippen molar-refractivity contribution in [2.24, 2.45) is 5.92 Å². The lowest BCUT2D eigenvalue weighted by Crippen LogP contribution is -2.52. The summed E-state index contributed by atoms with van der Waals surface area (Å²) in [6, 6.07) is 18.3. The normalized spacial score (nSPS) is 12.0. The molecule has 3 rings (SSSR count). The van der Waals surface area contributed by atoms with E-state index in [2.05, 4.69) is 5.32 Å². The zero-order valence-electron chi connectivity index (χ0n) is 26.1. The van der Waals surface area contributed by atoms with E-state index >= 15 is 0 Å². The molecule has 0 radical (unpaired) electrons. The van der Waals surface area contributed by atoms with Gasteiger partial charge in [-0.2, -0.15) is 0 Å². The molecule has 0 saturated carbocycles. The summed E-state index contributed by atoms with van der Waals surface area (Å²) in [7, 11) is -1.38. The molecule has 9 nitrogen and oxygen atoms in total. The van der Waals surface area contributed by atoms with E-state index in [1.165, 1.54) is 37.3 Å². The van der Waals surface area contributed by atoms with E-state index in [1.54, 1.807) is 12.1 Å². The van der Waals surface area contributed by atoms with E-state index in [9.17, 15) is 18.0 Å². The maximum Gasteiger partial charge on any atom is 0.264 e. The molecule has 0 aliphatic carbocycles. The third kappa shape index (κ3) is 8.50. The number of ether oxygens (including phenoxy) is 2. The lowest BCUT2D eigenvalue weighted by atomic mass is 10.1. The fourth-order valence-electron chi connectivity index (χ4n) is 4.85. The number of sulfonamides is 1. The predicted molar refractivity (Wildman–Crippen MR) is 169 cm³/mol. The first kappa shape index (κ1) is 33.5. The molecule has 3 aromatic rings. The van der Waals surface area contributed by atoms with Crippen LogP contribution in [0.5, 0.6) is 11.5 Å². The summed E-state index contributed by atoms with van der Waals surface area (Å²) in [6.07, 6.45) is 0.356. The molecule has 0 spiro atoms. The lowest BCUT2D eigenvalue weighted by Gasteiger charge is -2.33. The Morgan fingerprint density at radius 3 is 2.07 bits per heavy atom. The second-order valence-corrected chi connectivity index (χ2v) is 12.8. The number of hydrogen-bond acceptors (Lipinski definition) is 6. The largest absolute Gasteiger partial charge is 0.493 e. The summed E-state index contributed by atoms with van der Waals surface area (Å²) >= 11 is 0. The number of methoxy groups -OCH3 is 2. The maximum absolute atomic E-state index is 14.3. The van der Waals surface area contributed by atoms with Gasteiger partial charge in [0.2, 0.25) is 11.8 Å². The van der Waals surface area contributed by atoms with Gasteiger partial charge in [-0.25, -0.2) is 8.42 Å². The number of nitrogens with one attached hydrogen (secondary N) is 1. The van der Waals surface area contributed by atoms with E-state index in [4.69, 9.17) is 9.47 Å². The van der Waals surface area contributed by atoms with Gasteiger partial charge in [-0.1, -0.05) is 57.2 Å². The summed E-state index contributed by atoms with van der Waals surface area (Å²) in [5.41, 5.74) is 2.86. The van der Waals surface area contributed by atoms with Crippen molar-refractivity contribution in [1.82, 2.24) is 10.2 Å². The van der Waals surface area contributed by atoms with Crippen LogP contribution in [0.25, 0.3) is 0 Å². The highest BCUT2D eigenvalue weighted by Gasteiger charge is 2.34. The third-order valence-electron chi connectivity index (χ3n) is 6.98. The van der Waals surface area contributed by atoms with Crippen molar-refractivity contribution < 1.29 is 27.5 Å². The molecule has 0 fully saturated rings. The molecule has 0 saturated heterocycles. The molecule has 43 heavy (non-hydrogen) atoms. The van der Waals surface area contributed by atoms with Crippen LogP contribution in [0.15, 0.2) is 71.6 Å². The van der Waals surface area contributed by atoms with Gasteiger partial charge in [-0.05, 0) is 67.1 Å². The number of benzene rings is 3. The molecule has 0 aliphatic rings. The Morgan fingerprint density at radius 1 is 0.884 bits per heavy atom. The van der Waals surface area contributed by atoms with Crippen molar-refractivity contribution in [3.8, 4) is 11.5 Å². The van der Waals surface area contributed by atoms with Crippen molar-refractivity contribution in [3.05, 3.63) is 83.4 Å². The molecule has 0 heterocycles. The van der Waals surface area contributed by atoms with Gasteiger partial charge in [-0.3, -0.25) is 13.9 Å². The summed E-state index contributed by atoms with van der Waals surface area (Å²) in [4.78, 5) is 29.0. The number of amides is 2. The minimum absolute atomic E-state index is 0.0616. The van der Waals surface area contributed by atoms with E-state index in [-0.39, 0.29) is 29.0 Å². The molecular formula is C33H43N3O6S. The number of rotatable bonds is 14. The van der Waals surface area contributed by atoms with Gasteiger partial charge >= 0.3 is 0 Å². The topological polar surface area (TPSA) is 105 Å². The zero-order chi connectivity index (χ0) is 31.7. The number of nitrogens with zero attached hydrogens (tertiary/aromatic N) is 2. The smallest absolute Gasteiger partial charge is 0.264 e. The van der Waals surface area contributed by atoms with Gasteiger partial charge in [0.05, 0.1) is 24.8 Å². The molecule has 232 valence electrons. The molecule has 0 aliphatic heterocycles. The summed E-state index contributed by atoms with van der Waals surface area (Å²) in [5.74, 6) is 0.0720. The van der Waals surface area contributed by atoms with E-state index < -0.39 is 28.5 Å². The van der Waals surface area contributed by atoms with E-state index in [1.807, 2.05) is 71.0 Å². The highest BCUT2D eigenvalue weighted by atomic mass is 32.2. The Hall–Kier alpha value is -4.05. The first-order chi connectivity index (χ1) is 20.4. The van der Waals surface area contributed by atoms with Gasteiger partial charge < -0.3 is 19.7 Å². The van der Waals surface area contributed by atoms with Crippen LogP contribution in [0.3, 0.4) is 0 Å². The number of hydrogen-bond donors (Lipinski definition) is 1.